The van der Waals surface area contributed by atoms with Gasteiger partial charge in [0.1, 0.15) is 0 Å². The second kappa shape index (κ2) is 7.83. The summed E-state index contributed by atoms with van der Waals surface area (Å²) < 4.78 is 1.14. The first-order valence-corrected chi connectivity index (χ1v) is 10.5. The van der Waals surface area contributed by atoms with Gasteiger partial charge in [-0.15, -0.1) is 0 Å². The van der Waals surface area contributed by atoms with Crippen molar-refractivity contribution in [2.45, 2.75) is 11.7 Å². The summed E-state index contributed by atoms with van der Waals surface area (Å²) in [7, 11) is 0. The topological polar surface area (TPSA) is 18.8 Å². The van der Waals surface area contributed by atoms with Crippen molar-refractivity contribution in [1.29, 1.82) is 0 Å². The quantitative estimate of drug-likeness (QED) is 0.744. The van der Waals surface area contributed by atoms with Crippen molar-refractivity contribution in [3.8, 4) is 0 Å². The highest BCUT2D eigenvalue weighted by Crippen LogP contribution is 2.28. The molecule has 2 aromatic carbocycles. The Morgan fingerprint density at radius 1 is 0.920 bits per heavy atom. The Balaban J connectivity index is 1.29. The number of piperazine rings is 1. The molecule has 0 unspecified atom stereocenters. The fourth-order valence-electron chi connectivity index (χ4n) is 3.36. The summed E-state index contributed by atoms with van der Waals surface area (Å²) >= 11 is 5.46. The Morgan fingerprint density at radius 2 is 1.60 bits per heavy atom. The number of hydrogen-bond donors (Lipinski definition) is 0. The van der Waals surface area contributed by atoms with Gasteiger partial charge in [0.25, 0.3) is 0 Å². The van der Waals surface area contributed by atoms with Crippen LogP contribution < -0.4 is 4.90 Å². The van der Waals surface area contributed by atoms with Crippen LogP contribution in [0.5, 0.6) is 0 Å². The SMILES string of the molecule is Brc1ccc(C[C@@H]2CN=C(N3CCN(c4ccccc4)CC3)S2)cc1. The molecule has 2 aliphatic rings. The maximum atomic E-state index is 4.83. The highest BCUT2D eigenvalue weighted by molar-refractivity contribution is 9.10. The molecule has 2 aromatic rings. The lowest BCUT2D eigenvalue weighted by Crippen LogP contribution is -2.47. The van der Waals surface area contributed by atoms with Gasteiger partial charge in [-0.2, -0.15) is 0 Å². The van der Waals surface area contributed by atoms with E-state index in [1.54, 1.807) is 0 Å². The lowest BCUT2D eigenvalue weighted by atomic mass is 10.1. The predicted molar refractivity (Wildman–Crippen MR) is 112 cm³/mol. The van der Waals surface area contributed by atoms with Crippen LogP contribution in [0.3, 0.4) is 0 Å². The monoisotopic (exact) mass is 415 g/mol. The van der Waals surface area contributed by atoms with Gasteiger partial charge in [-0.05, 0) is 36.2 Å². The molecule has 5 heteroatoms. The van der Waals surface area contributed by atoms with Crippen LogP contribution in [0.25, 0.3) is 0 Å². The fourth-order valence-corrected chi connectivity index (χ4v) is 4.83. The van der Waals surface area contributed by atoms with Gasteiger partial charge in [-0.1, -0.05) is 58.0 Å². The van der Waals surface area contributed by atoms with Crippen LogP contribution in [0.15, 0.2) is 64.1 Å². The number of thioether (sulfide) groups is 1. The minimum absolute atomic E-state index is 0.573. The average Bonchev–Trinajstić information content (AvgIpc) is 3.13. The molecular weight excluding hydrogens is 394 g/mol. The Hall–Kier alpha value is -1.46. The Labute approximate surface area is 162 Å². The third kappa shape index (κ3) is 4.21. The van der Waals surface area contributed by atoms with Crippen molar-refractivity contribution in [3.05, 3.63) is 64.6 Å². The molecule has 0 aliphatic carbocycles. The summed E-state index contributed by atoms with van der Waals surface area (Å²) in [5, 5.41) is 1.82. The molecule has 1 fully saturated rings. The van der Waals surface area contributed by atoms with Gasteiger partial charge in [-0.3, -0.25) is 4.99 Å². The number of rotatable bonds is 3. The number of anilines is 1. The summed E-state index contributed by atoms with van der Waals surface area (Å²) in [6.45, 7) is 5.20. The van der Waals surface area contributed by atoms with E-state index < -0.39 is 0 Å². The maximum absolute atomic E-state index is 4.83. The largest absolute Gasteiger partial charge is 0.368 e. The first-order chi connectivity index (χ1) is 12.3. The number of nitrogens with zero attached hydrogens (tertiary/aromatic N) is 3. The first kappa shape index (κ1) is 17.0. The molecule has 0 N–H and O–H groups in total. The fraction of sp³-hybridized carbons (Fsp3) is 0.350. The normalized spacial score (nSPS) is 20.7. The van der Waals surface area contributed by atoms with E-state index in [4.69, 9.17) is 4.99 Å². The van der Waals surface area contributed by atoms with Gasteiger partial charge in [0.2, 0.25) is 0 Å². The Kier molecular flexibility index (Phi) is 5.32. The lowest BCUT2D eigenvalue weighted by Gasteiger charge is -2.37. The lowest BCUT2D eigenvalue weighted by molar-refractivity contribution is 0.392. The van der Waals surface area contributed by atoms with E-state index in [0.717, 1.165) is 43.6 Å². The summed E-state index contributed by atoms with van der Waals surface area (Å²) in [6, 6.07) is 19.4. The van der Waals surface area contributed by atoms with E-state index in [1.807, 2.05) is 11.8 Å². The van der Waals surface area contributed by atoms with Crippen LogP contribution >= 0.6 is 27.7 Å². The van der Waals surface area contributed by atoms with Gasteiger partial charge in [-0.25, -0.2) is 0 Å². The van der Waals surface area contributed by atoms with Gasteiger partial charge >= 0.3 is 0 Å². The minimum atomic E-state index is 0.573. The number of amidine groups is 1. The van der Waals surface area contributed by atoms with Gasteiger partial charge in [0, 0.05) is 41.6 Å². The Morgan fingerprint density at radius 3 is 2.32 bits per heavy atom. The number of benzene rings is 2. The molecule has 0 bridgehead atoms. The zero-order valence-corrected chi connectivity index (χ0v) is 16.5. The second-order valence-electron chi connectivity index (χ2n) is 6.50. The molecule has 130 valence electrons. The highest BCUT2D eigenvalue weighted by Gasteiger charge is 2.26. The van der Waals surface area contributed by atoms with E-state index >= 15 is 0 Å². The van der Waals surface area contributed by atoms with Crippen LogP contribution in [-0.4, -0.2) is 48.0 Å². The molecule has 2 aliphatic heterocycles. The minimum Gasteiger partial charge on any atom is -0.368 e. The average molecular weight is 416 g/mol. The smallest absolute Gasteiger partial charge is 0.159 e. The molecule has 0 saturated carbocycles. The van der Waals surface area contributed by atoms with Crippen LogP contribution in [0, 0.1) is 0 Å². The van der Waals surface area contributed by atoms with Crippen molar-refractivity contribution in [3.63, 3.8) is 0 Å². The molecule has 0 spiro atoms. The van der Waals surface area contributed by atoms with Crippen molar-refractivity contribution in [2.24, 2.45) is 4.99 Å². The molecular formula is C20H22BrN3S. The zero-order chi connectivity index (χ0) is 17.1. The molecule has 1 saturated heterocycles. The third-order valence-corrected chi connectivity index (χ3v) is 6.53. The number of halogens is 1. The van der Waals surface area contributed by atoms with Crippen molar-refractivity contribution in [2.75, 3.05) is 37.6 Å². The summed E-state index contributed by atoms with van der Waals surface area (Å²) in [6.07, 6.45) is 1.09. The maximum Gasteiger partial charge on any atom is 0.159 e. The molecule has 25 heavy (non-hydrogen) atoms. The third-order valence-electron chi connectivity index (χ3n) is 4.75. The molecule has 0 aromatic heterocycles. The van der Waals surface area contributed by atoms with Gasteiger partial charge in [0.05, 0.1) is 6.54 Å². The summed E-state index contributed by atoms with van der Waals surface area (Å²) in [5.41, 5.74) is 2.72. The molecule has 0 radical (unpaired) electrons. The van der Waals surface area contributed by atoms with Gasteiger partial charge < -0.3 is 9.80 Å². The summed E-state index contributed by atoms with van der Waals surface area (Å²) in [4.78, 5) is 9.76. The van der Waals surface area contributed by atoms with Crippen LogP contribution in [0.4, 0.5) is 5.69 Å². The van der Waals surface area contributed by atoms with Gasteiger partial charge in [0.15, 0.2) is 5.17 Å². The van der Waals surface area contributed by atoms with Crippen LogP contribution in [-0.2, 0) is 6.42 Å². The number of para-hydroxylation sites is 1. The van der Waals surface area contributed by atoms with E-state index in [1.165, 1.54) is 16.4 Å². The molecule has 3 nitrogen and oxygen atoms in total. The number of aliphatic imine (C=N–C) groups is 1. The predicted octanol–water partition coefficient (Wildman–Crippen LogP) is 4.29. The standard InChI is InChI=1S/C20H22BrN3S/c21-17-8-6-16(7-9-17)14-19-15-22-20(25-19)24-12-10-23(11-13-24)18-4-2-1-3-5-18/h1-9,19H,10-15H2/t19-/m1/s1. The van der Waals surface area contributed by atoms with E-state index in [2.05, 4.69) is 80.3 Å². The zero-order valence-electron chi connectivity index (χ0n) is 14.1. The van der Waals surface area contributed by atoms with Crippen LogP contribution in [0.1, 0.15) is 5.56 Å². The first-order valence-electron chi connectivity index (χ1n) is 8.78. The van der Waals surface area contributed by atoms with E-state index in [-0.39, 0.29) is 0 Å². The molecule has 0 amide bonds. The van der Waals surface area contributed by atoms with E-state index in [0.29, 0.717) is 5.25 Å². The molecule has 1 atom stereocenters. The Bertz CT molecular complexity index is 724. The molecule has 4 rings (SSSR count). The van der Waals surface area contributed by atoms with Crippen molar-refractivity contribution < 1.29 is 0 Å². The van der Waals surface area contributed by atoms with Crippen molar-refractivity contribution >= 4 is 38.5 Å². The summed E-state index contributed by atoms with van der Waals surface area (Å²) in [5.74, 6) is 0. The second-order valence-corrected chi connectivity index (χ2v) is 8.69. The van der Waals surface area contributed by atoms with Crippen molar-refractivity contribution in [1.82, 2.24) is 4.90 Å². The highest BCUT2D eigenvalue weighted by atomic mass is 79.9. The van der Waals surface area contributed by atoms with Crippen LogP contribution in [0.2, 0.25) is 0 Å². The number of hydrogen-bond acceptors (Lipinski definition) is 4. The van der Waals surface area contributed by atoms with E-state index in [9.17, 15) is 0 Å². The molecule has 2 heterocycles.